The standard InChI is InChI=1S/C11H15NOS/c1-12-8-6-9-10(13-2)4-3-5-11(9)14-7-8/h3-5,8,12H,6-7H2,1-2H3. The fourth-order valence-corrected chi connectivity index (χ4v) is 2.95. The lowest BCUT2D eigenvalue weighted by Crippen LogP contribution is -2.32. The molecule has 1 N–H and O–H groups in total. The van der Waals surface area contributed by atoms with Crippen molar-refractivity contribution in [3.05, 3.63) is 23.8 Å². The van der Waals surface area contributed by atoms with Crippen LogP contribution in [0.3, 0.4) is 0 Å². The summed E-state index contributed by atoms with van der Waals surface area (Å²) >= 11 is 1.91. The second-order valence-corrected chi connectivity index (χ2v) is 4.50. The van der Waals surface area contributed by atoms with Crippen LogP contribution in [0.15, 0.2) is 23.1 Å². The fourth-order valence-electron chi connectivity index (χ4n) is 1.75. The van der Waals surface area contributed by atoms with E-state index in [9.17, 15) is 0 Å². The molecular formula is C11H15NOS. The van der Waals surface area contributed by atoms with Crippen LogP contribution in [0.2, 0.25) is 0 Å². The van der Waals surface area contributed by atoms with Crippen LogP contribution in [-0.4, -0.2) is 26.0 Å². The van der Waals surface area contributed by atoms with Crippen molar-refractivity contribution in [2.24, 2.45) is 0 Å². The first kappa shape index (κ1) is 9.87. The molecule has 1 aliphatic rings. The Morgan fingerprint density at radius 1 is 1.50 bits per heavy atom. The van der Waals surface area contributed by atoms with Crippen molar-refractivity contribution in [3.63, 3.8) is 0 Å². The van der Waals surface area contributed by atoms with E-state index in [1.165, 1.54) is 10.5 Å². The first-order valence-electron chi connectivity index (χ1n) is 4.81. The summed E-state index contributed by atoms with van der Waals surface area (Å²) in [7, 11) is 3.76. The van der Waals surface area contributed by atoms with Crippen molar-refractivity contribution in [3.8, 4) is 5.75 Å². The third-order valence-corrected chi connectivity index (χ3v) is 3.87. The molecule has 0 radical (unpaired) electrons. The van der Waals surface area contributed by atoms with Crippen LogP contribution in [0, 0.1) is 0 Å². The predicted molar refractivity (Wildman–Crippen MR) is 60.3 cm³/mol. The minimum absolute atomic E-state index is 0.573. The van der Waals surface area contributed by atoms with E-state index in [2.05, 4.69) is 17.4 Å². The number of nitrogens with one attached hydrogen (secondary N) is 1. The maximum Gasteiger partial charge on any atom is 0.123 e. The fraction of sp³-hybridized carbons (Fsp3) is 0.455. The number of ether oxygens (including phenoxy) is 1. The number of benzene rings is 1. The first-order valence-corrected chi connectivity index (χ1v) is 5.79. The molecule has 14 heavy (non-hydrogen) atoms. The minimum Gasteiger partial charge on any atom is -0.496 e. The molecule has 0 fully saturated rings. The summed E-state index contributed by atoms with van der Waals surface area (Å²) < 4.78 is 5.36. The Balaban J connectivity index is 2.33. The Morgan fingerprint density at radius 3 is 3.07 bits per heavy atom. The van der Waals surface area contributed by atoms with E-state index in [4.69, 9.17) is 4.74 Å². The van der Waals surface area contributed by atoms with E-state index in [-0.39, 0.29) is 0 Å². The van der Waals surface area contributed by atoms with Crippen molar-refractivity contribution < 1.29 is 4.74 Å². The third kappa shape index (κ3) is 1.74. The monoisotopic (exact) mass is 209 g/mol. The third-order valence-electron chi connectivity index (χ3n) is 2.61. The van der Waals surface area contributed by atoms with Gasteiger partial charge >= 0.3 is 0 Å². The van der Waals surface area contributed by atoms with Gasteiger partial charge in [-0.3, -0.25) is 0 Å². The summed E-state index contributed by atoms with van der Waals surface area (Å²) in [5.41, 5.74) is 1.35. The van der Waals surface area contributed by atoms with Crippen molar-refractivity contribution in [2.75, 3.05) is 19.9 Å². The highest BCUT2D eigenvalue weighted by atomic mass is 32.2. The molecule has 1 atom stereocenters. The molecule has 0 aromatic heterocycles. The number of hydrogen-bond donors (Lipinski definition) is 1. The minimum atomic E-state index is 0.573. The highest BCUT2D eigenvalue weighted by Crippen LogP contribution is 2.35. The molecule has 2 rings (SSSR count). The lowest BCUT2D eigenvalue weighted by molar-refractivity contribution is 0.404. The molecule has 0 aliphatic carbocycles. The molecule has 2 nitrogen and oxygen atoms in total. The van der Waals surface area contributed by atoms with Gasteiger partial charge in [-0.15, -0.1) is 11.8 Å². The molecule has 76 valence electrons. The first-order chi connectivity index (χ1) is 6.85. The van der Waals surface area contributed by atoms with Crippen molar-refractivity contribution in [1.82, 2.24) is 5.32 Å². The molecule has 0 saturated heterocycles. The number of methoxy groups -OCH3 is 1. The van der Waals surface area contributed by atoms with Gasteiger partial charge in [-0.1, -0.05) is 6.07 Å². The van der Waals surface area contributed by atoms with Gasteiger partial charge in [0.15, 0.2) is 0 Å². The summed E-state index contributed by atoms with van der Waals surface area (Å²) in [5, 5.41) is 3.32. The van der Waals surface area contributed by atoms with E-state index >= 15 is 0 Å². The SMILES string of the molecule is CNC1CSc2cccc(OC)c2C1. The molecule has 0 amide bonds. The second kappa shape index (κ2) is 4.24. The summed E-state index contributed by atoms with van der Waals surface area (Å²) in [5.74, 6) is 2.17. The van der Waals surface area contributed by atoms with Crippen LogP contribution < -0.4 is 10.1 Å². The topological polar surface area (TPSA) is 21.3 Å². The van der Waals surface area contributed by atoms with E-state index in [1.807, 2.05) is 24.9 Å². The Hall–Kier alpha value is -0.670. The molecule has 1 aliphatic heterocycles. The van der Waals surface area contributed by atoms with E-state index < -0.39 is 0 Å². The van der Waals surface area contributed by atoms with Gasteiger partial charge in [-0.05, 0) is 25.6 Å². The van der Waals surface area contributed by atoms with E-state index in [0.717, 1.165) is 17.9 Å². The van der Waals surface area contributed by atoms with Crippen LogP contribution in [0.5, 0.6) is 5.75 Å². The molecule has 1 heterocycles. The van der Waals surface area contributed by atoms with Crippen molar-refractivity contribution in [1.29, 1.82) is 0 Å². The predicted octanol–water partition coefficient (Wildman–Crippen LogP) is 1.93. The lowest BCUT2D eigenvalue weighted by Gasteiger charge is -2.25. The van der Waals surface area contributed by atoms with Crippen LogP contribution >= 0.6 is 11.8 Å². The molecule has 3 heteroatoms. The van der Waals surface area contributed by atoms with E-state index in [0.29, 0.717) is 6.04 Å². The molecule has 1 aromatic carbocycles. The maximum atomic E-state index is 5.36. The van der Waals surface area contributed by atoms with Gasteiger partial charge in [0.1, 0.15) is 5.75 Å². The Kier molecular flexibility index (Phi) is 2.99. The van der Waals surface area contributed by atoms with Gasteiger partial charge in [0.05, 0.1) is 7.11 Å². The average Bonchev–Trinajstić information content (AvgIpc) is 2.27. The zero-order chi connectivity index (χ0) is 9.97. The van der Waals surface area contributed by atoms with E-state index in [1.54, 1.807) is 7.11 Å². The number of thioether (sulfide) groups is 1. The zero-order valence-electron chi connectivity index (χ0n) is 8.54. The van der Waals surface area contributed by atoms with Gasteiger partial charge in [0.2, 0.25) is 0 Å². The average molecular weight is 209 g/mol. The quantitative estimate of drug-likeness (QED) is 0.804. The van der Waals surface area contributed by atoms with Crippen LogP contribution in [-0.2, 0) is 6.42 Å². The Morgan fingerprint density at radius 2 is 2.36 bits per heavy atom. The molecule has 0 bridgehead atoms. The highest BCUT2D eigenvalue weighted by Gasteiger charge is 2.20. The molecule has 0 spiro atoms. The summed E-state index contributed by atoms with van der Waals surface area (Å²) in [4.78, 5) is 1.37. The number of hydrogen-bond acceptors (Lipinski definition) is 3. The van der Waals surface area contributed by atoms with Gasteiger partial charge < -0.3 is 10.1 Å². The number of rotatable bonds is 2. The zero-order valence-corrected chi connectivity index (χ0v) is 9.36. The normalized spacial score (nSPS) is 20.3. The molecular weight excluding hydrogens is 194 g/mol. The molecule has 1 aromatic rings. The van der Waals surface area contributed by atoms with Gasteiger partial charge in [0.25, 0.3) is 0 Å². The molecule has 1 unspecified atom stereocenters. The Bertz CT molecular complexity index is 313. The largest absolute Gasteiger partial charge is 0.496 e. The smallest absolute Gasteiger partial charge is 0.123 e. The Labute approximate surface area is 89.0 Å². The second-order valence-electron chi connectivity index (χ2n) is 3.44. The van der Waals surface area contributed by atoms with Crippen LogP contribution in [0.4, 0.5) is 0 Å². The van der Waals surface area contributed by atoms with Gasteiger partial charge in [-0.25, -0.2) is 0 Å². The van der Waals surface area contributed by atoms with Crippen molar-refractivity contribution in [2.45, 2.75) is 17.4 Å². The number of fused-ring (bicyclic) bond motifs is 1. The highest BCUT2D eigenvalue weighted by molar-refractivity contribution is 7.99. The summed E-state index contributed by atoms with van der Waals surface area (Å²) in [6.45, 7) is 0. The van der Waals surface area contributed by atoms with Crippen LogP contribution in [0.1, 0.15) is 5.56 Å². The summed E-state index contributed by atoms with van der Waals surface area (Å²) in [6.07, 6.45) is 1.07. The maximum absolute atomic E-state index is 5.36. The van der Waals surface area contributed by atoms with Gasteiger partial charge in [0, 0.05) is 22.3 Å². The van der Waals surface area contributed by atoms with Crippen molar-refractivity contribution >= 4 is 11.8 Å². The summed E-state index contributed by atoms with van der Waals surface area (Å²) in [6, 6.07) is 6.85. The lowest BCUT2D eigenvalue weighted by atomic mass is 10.1. The molecule has 0 saturated carbocycles. The van der Waals surface area contributed by atoms with Gasteiger partial charge in [-0.2, -0.15) is 0 Å². The number of likely N-dealkylation sites (N-methyl/N-ethyl adjacent to an activating group) is 1. The van der Waals surface area contributed by atoms with Crippen LogP contribution in [0.25, 0.3) is 0 Å².